The van der Waals surface area contributed by atoms with Gasteiger partial charge in [-0.1, -0.05) is 23.6 Å². The zero-order chi connectivity index (χ0) is 45.7. The number of rotatable bonds is 10. The highest BCUT2D eigenvalue weighted by molar-refractivity contribution is 7.92. The van der Waals surface area contributed by atoms with Crippen molar-refractivity contribution in [2.75, 3.05) is 44.2 Å². The fraction of sp³-hybridized carbons (Fsp3) is 0.429. The first-order chi connectivity index (χ1) is 29.4. The molecule has 1 amide bonds. The standard InChI is InChI=1S/C42H41ClF7N9O3S/c1-40(2,58-14-12-56(3)13-15-58)11-10-24-6-7-25(26-8-9-30(43)32-34(26)57(4)54-39(32)55-63(5,61)62)33(52-24)28(18-21-16-22(44)19-23(45)17-21)35(38(51)60)59-37-31(36(53-59)42(48,49)50)27-20-29(27)41(37,46)47/h6-9,16-17,19,27-29,35H,12-15,18,20H2,1-5H3,(H2,51,60)(H,54,55)/t27-,28+,29+,35?/m0/s1. The molecule has 1 aliphatic heterocycles. The first kappa shape index (κ1) is 44.4. The predicted octanol–water partition coefficient (Wildman–Crippen LogP) is 6.79. The number of hydrogen-bond donors (Lipinski definition) is 2. The molecule has 2 aromatic carbocycles. The Kier molecular flexibility index (Phi) is 10.9. The number of amides is 1. The van der Waals surface area contributed by atoms with Crippen molar-refractivity contribution >= 4 is 44.3 Å². The number of nitrogens with two attached hydrogens (primary N) is 1. The van der Waals surface area contributed by atoms with E-state index in [0.29, 0.717) is 23.8 Å². The van der Waals surface area contributed by atoms with Gasteiger partial charge in [-0.05, 0) is 81.5 Å². The molecule has 5 aromatic rings. The highest BCUT2D eigenvalue weighted by Gasteiger charge is 2.69. The van der Waals surface area contributed by atoms with Gasteiger partial charge in [-0.3, -0.25) is 19.1 Å². The van der Waals surface area contributed by atoms with Gasteiger partial charge in [-0.25, -0.2) is 26.9 Å². The lowest BCUT2D eigenvalue weighted by Gasteiger charge is -2.40. The van der Waals surface area contributed by atoms with E-state index in [-0.39, 0.29) is 56.2 Å². The normalized spacial score (nSPS) is 19.9. The van der Waals surface area contributed by atoms with Crippen molar-refractivity contribution in [3.05, 3.63) is 93.0 Å². The van der Waals surface area contributed by atoms with Crippen molar-refractivity contribution in [3.63, 3.8) is 0 Å². The number of fused-ring (bicyclic) bond motifs is 4. The highest BCUT2D eigenvalue weighted by Crippen LogP contribution is 2.69. The Morgan fingerprint density at radius 1 is 1.02 bits per heavy atom. The van der Waals surface area contributed by atoms with Gasteiger partial charge in [0.15, 0.2) is 11.5 Å². The maximum Gasteiger partial charge on any atom is 0.435 e. The molecule has 334 valence electrons. The molecule has 0 bridgehead atoms. The van der Waals surface area contributed by atoms with Gasteiger partial charge < -0.3 is 10.6 Å². The van der Waals surface area contributed by atoms with Crippen LogP contribution in [0.25, 0.3) is 22.0 Å². The van der Waals surface area contributed by atoms with Gasteiger partial charge in [0, 0.05) is 67.8 Å². The van der Waals surface area contributed by atoms with Crippen molar-refractivity contribution in [1.82, 2.24) is 34.3 Å². The van der Waals surface area contributed by atoms with Gasteiger partial charge in [0.25, 0.3) is 5.92 Å². The van der Waals surface area contributed by atoms with Crippen LogP contribution in [0.15, 0.2) is 42.5 Å². The number of sulfonamides is 1. The molecule has 21 heteroatoms. The first-order valence-corrected chi connectivity index (χ1v) is 22.1. The summed E-state index contributed by atoms with van der Waals surface area (Å²) in [4.78, 5) is 23.2. The van der Waals surface area contributed by atoms with Crippen LogP contribution >= 0.6 is 11.6 Å². The average molecular weight is 920 g/mol. The minimum Gasteiger partial charge on any atom is -0.368 e. The van der Waals surface area contributed by atoms with Gasteiger partial charge in [0.05, 0.1) is 33.4 Å². The van der Waals surface area contributed by atoms with Gasteiger partial charge >= 0.3 is 6.18 Å². The van der Waals surface area contributed by atoms with Crippen LogP contribution in [0.4, 0.5) is 36.6 Å². The lowest BCUT2D eigenvalue weighted by Crippen LogP contribution is -2.53. The van der Waals surface area contributed by atoms with Gasteiger partial charge in [-0.2, -0.15) is 32.1 Å². The number of alkyl halides is 5. The molecule has 0 spiro atoms. The summed E-state index contributed by atoms with van der Waals surface area (Å²) in [5, 5.41) is 8.21. The summed E-state index contributed by atoms with van der Waals surface area (Å²) in [6, 6.07) is 6.29. The fourth-order valence-corrected chi connectivity index (χ4v) is 9.76. The third kappa shape index (κ3) is 8.24. The van der Waals surface area contributed by atoms with Crippen molar-refractivity contribution in [2.45, 2.75) is 62.2 Å². The maximum absolute atomic E-state index is 16.2. The maximum atomic E-state index is 16.2. The molecular weight excluding hydrogens is 879 g/mol. The Morgan fingerprint density at radius 2 is 1.67 bits per heavy atom. The Hall–Kier alpha value is -5.23. The molecule has 1 saturated carbocycles. The Labute approximate surface area is 362 Å². The number of nitrogens with one attached hydrogen (secondary N) is 1. The zero-order valence-corrected chi connectivity index (χ0v) is 36.0. The summed E-state index contributed by atoms with van der Waals surface area (Å²) < 4.78 is 135. The number of carbonyl (C=O) groups excluding carboxylic acids is 1. The molecule has 12 nitrogen and oxygen atoms in total. The van der Waals surface area contributed by atoms with Crippen molar-refractivity contribution in [1.29, 1.82) is 0 Å². The molecule has 2 fully saturated rings. The number of halogens is 8. The second-order valence-electron chi connectivity index (χ2n) is 17.0. The molecule has 4 heterocycles. The molecule has 63 heavy (non-hydrogen) atoms. The van der Waals surface area contributed by atoms with Gasteiger partial charge in [0.2, 0.25) is 15.9 Å². The van der Waals surface area contributed by atoms with Crippen LogP contribution in [0.5, 0.6) is 0 Å². The van der Waals surface area contributed by atoms with Crippen LogP contribution < -0.4 is 10.5 Å². The molecule has 2 aliphatic carbocycles. The van der Waals surface area contributed by atoms with E-state index in [4.69, 9.17) is 22.3 Å². The van der Waals surface area contributed by atoms with Crippen molar-refractivity contribution < 1.29 is 43.9 Å². The molecule has 3 N–H and O–H groups in total. The van der Waals surface area contributed by atoms with E-state index in [1.807, 2.05) is 20.9 Å². The van der Waals surface area contributed by atoms with Crippen LogP contribution in [-0.2, 0) is 40.4 Å². The van der Waals surface area contributed by atoms with Crippen molar-refractivity contribution in [3.8, 4) is 23.0 Å². The number of aromatic nitrogens is 5. The van der Waals surface area contributed by atoms with Crippen LogP contribution in [-0.4, -0.2) is 93.7 Å². The predicted molar refractivity (Wildman–Crippen MR) is 220 cm³/mol. The summed E-state index contributed by atoms with van der Waals surface area (Å²) in [5.74, 6) is -5.48. The quantitative estimate of drug-likeness (QED) is 0.115. The minimum atomic E-state index is -5.21. The molecule has 8 rings (SSSR count). The summed E-state index contributed by atoms with van der Waals surface area (Å²) in [5.41, 5.74) is 2.27. The lowest BCUT2D eigenvalue weighted by molar-refractivity contribution is -0.142. The van der Waals surface area contributed by atoms with E-state index in [2.05, 4.69) is 36.6 Å². The first-order valence-electron chi connectivity index (χ1n) is 19.8. The lowest BCUT2D eigenvalue weighted by atomic mass is 9.84. The van der Waals surface area contributed by atoms with Crippen LogP contribution in [0, 0.1) is 29.4 Å². The Bertz CT molecular complexity index is 2840. The van der Waals surface area contributed by atoms with Crippen molar-refractivity contribution in [2.24, 2.45) is 18.7 Å². The molecule has 1 unspecified atom stereocenters. The molecule has 3 aromatic heterocycles. The number of aryl methyl sites for hydroxylation is 1. The Balaban J connectivity index is 1.41. The Morgan fingerprint density at radius 3 is 2.29 bits per heavy atom. The van der Waals surface area contributed by atoms with Gasteiger partial charge in [-0.15, -0.1) is 0 Å². The topological polar surface area (TPSA) is 144 Å². The largest absolute Gasteiger partial charge is 0.435 e. The monoisotopic (exact) mass is 919 g/mol. The van der Waals surface area contributed by atoms with E-state index in [9.17, 15) is 35.2 Å². The third-order valence-electron chi connectivity index (χ3n) is 12.0. The molecule has 3 aliphatic rings. The number of likely N-dealkylation sites (N-methyl/N-ethyl adjacent to an activating group) is 1. The third-order valence-corrected chi connectivity index (χ3v) is 12.9. The van der Waals surface area contributed by atoms with E-state index in [1.54, 1.807) is 0 Å². The van der Waals surface area contributed by atoms with E-state index >= 15 is 8.78 Å². The number of hydrogen-bond acceptors (Lipinski definition) is 8. The number of pyridine rings is 1. The van der Waals surface area contributed by atoms with E-state index < -0.39 is 92.4 Å². The summed E-state index contributed by atoms with van der Waals surface area (Å²) >= 11 is 6.66. The SMILES string of the molecule is CN1CCN(C(C)(C)C#Cc2ccc(-c3ccc(Cl)c4c(NS(C)(=O)=O)nn(C)c34)c([C@@H](Cc3cc(F)cc(F)c3)C(C(N)=O)n3nc(C(F)(F)F)c4c3C(F)(F)[C@@H]3C[C@H]43)n2)CC1. The molecular formula is C42H41ClF7N9O3S. The molecule has 4 atom stereocenters. The summed E-state index contributed by atoms with van der Waals surface area (Å²) in [6.45, 7) is 6.82. The zero-order valence-electron chi connectivity index (χ0n) is 34.5. The summed E-state index contributed by atoms with van der Waals surface area (Å²) in [6.07, 6.45) is -5.13. The average Bonchev–Trinajstić information content (AvgIpc) is 3.70. The number of piperazine rings is 1. The van der Waals surface area contributed by atoms with Crippen LogP contribution in [0.1, 0.15) is 72.0 Å². The van der Waals surface area contributed by atoms with Crippen LogP contribution in [0.2, 0.25) is 5.02 Å². The summed E-state index contributed by atoms with van der Waals surface area (Å²) in [7, 11) is -0.412. The van der Waals surface area contributed by atoms with Crippen LogP contribution in [0.3, 0.4) is 0 Å². The van der Waals surface area contributed by atoms with E-state index in [1.165, 1.54) is 36.0 Å². The smallest absolute Gasteiger partial charge is 0.368 e. The molecule has 1 saturated heterocycles. The number of primary amides is 1. The number of anilines is 1. The molecule has 0 radical (unpaired) electrons. The second kappa shape index (κ2) is 15.5. The number of benzene rings is 2. The van der Waals surface area contributed by atoms with Gasteiger partial charge in [0.1, 0.15) is 29.1 Å². The highest BCUT2D eigenvalue weighted by atomic mass is 35.5. The fourth-order valence-electron chi connectivity index (χ4n) is 9.02. The minimum absolute atomic E-state index is 0.0607. The second-order valence-corrected chi connectivity index (χ2v) is 19.1. The number of nitrogens with zero attached hydrogens (tertiary/aromatic N) is 7. The van der Waals surface area contributed by atoms with E-state index in [0.717, 1.165) is 31.5 Å². The number of carbonyl (C=O) groups is 1.